The Morgan fingerprint density at radius 2 is 1.82 bits per heavy atom. The van der Waals surface area contributed by atoms with Crippen molar-refractivity contribution in [1.29, 1.82) is 0 Å². The number of morpholine rings is 1. The van der Waals surface area contributed by atoms with Gasteiger partial charge in [-0.15, -0.1) is 0 Å². The van der Waals surface area contributed by atoms with E-state index < -0.39 is 14.2 Å². The van der Waals surface area contributed by atoms with Crippen molar-refractivity contribution < 1.29 is 19.3 Å². The van der Waals surface area contributed by atoms with E-state index in [2.05, 4.69) is 65.6 Å². The van der Waals surface area contributed by atoms with E-state index in [1.54, 1.807) is 7.11 Å². The van der Waals surface area contributed by atoms with Crippen molar-refractivity contribution >= 4 is 24.8 Å². The quantitative estimate of drug-likeness (QED) is 0.211. The molecule has 0 radical (unpaired) electrons. The zero-order valence-electron chi connectivity index (χ0n) is 24.1. The SMILES string of the molecule is COC(CO)c1nc(N2CCOCC2)cc(-n2nc(-c3cn(COCC[Si](C)(C)C)c4ccccc34)cc2C)n1. The molecule has 1 atom stereocenters. The minimum absolute atomic E-state index is 0.217. The van der Waals surface area contributed by atoms with Crippen LogP contribution in [0.5, 0.6) is 0 Å². The Balaban J connectivity index is 1.50. The van der Waals surface area contributed by atoms with E-state index in [4.69, 9.17) is 29.3 Å². The Hall–Kier alpha value is -3.09. The van der Waals surface area contributed by atoms with Crippen molar-refractivity contribution in [2.75, 3.05) is 51.5 Å². The van der Waals surface area contributed by atoms with Crippen LogP contribution >= 0.6 is 0 Å². The first-order valence-corrected chi connectivity index (χ1v) is 17.6. The third-order valence-electron chi connectivity index (χ3n) is 7.19. The molecule has 4 aromatic rings. The van der Waals surface area contributed by atoms with Gasteiger partial charge in [-0.05, 0) is 25.1 Å². The van der Waals surface area contributed by atoms with Gasteiger partial charge in [-0.2, -0.15) is 5.10 Å². The second kappa shape index (κ2) is 12.2. The third-order valence-corrected chi connectivity index (χ3v) is 8.89. The van der Waals surface area contributed by atoms with Crippen LogP contribution in [0.25, 0.3) is 28.0 Å². The normalized spacial score (nSPS) is 15.2. The molecule has 10 nitrogen and oxygen atoms in total. The Kier molecular flexibility index (Phi) is 8.67. The van der Waals surface area contributed by atoms with Gasteiger partial charge < -0.3 is 28.8 Å². The number of aliphatic hydroxyl groups excluding tert-OH is 1. The Labute approximate surface area is 236 Å². The van der Waals surface area contributed by atoms with Crippen molar-refractivity contribution in [3.63, 3.8) is 0 Å². The van der Waals surface area contributed by atoms with Gasteiger partial charge in [-0.3, -0.25) is 0 Å². The number of anilines is 1. The smallest absolute Gasteiger partial charge is 0.164 e. The molecule has 1 fully saturated rings. The lowest BCUT2D eigenvalue weighted by Crippen LogP contribution is -2.37. The molecule has 1 aliphatic rings. The standard InChI is InChI=1S/C29H40N6O4Si/c1-21-16-24(23-18-34(20-39-14-15-40(3,4)5)25-9-7-6-8-22(23)25)32-35(21)28-17-27(33-10-12-38-13-11-33)30-29(31-28)26(19-36)37-2/h6-9,16-18,26,36H,10-15,19-20H2,1-5H3. The second-order valence-corrected chi connectivity index (χ2v) is 17.0. The number of rotatable bonds is 11. The van der Waals surface area contributed by atoms with Crippen molar-refractivity contribution in [3.05, 3.63) is 54.1 Å². The van der Waals surface area contributed by atoms with Crippen molar-refractivity contribution in [2.45, 2.75) is 45.4 Å². The lowest BCUT2D eigenvalue weighted by atomic mass is 10.1. The molecule has 1 N–H and O–H groups in total. The maximum absolute atomic E-state index is 9.90. The fourth-order valence-corrected chi connectivity index (χ4v) is 5.60. The van der Waals surface area contributed by atoms with Gasteiger partial charge in [0.1, 0.15) is 18.7 Å². The third kappa shape index (κ3) is 6.29. The molecule has 1 aliphatic heterocycles. The van der Waals surface area contributed by atoms with Gasteiger partial charge in [0.05, 0.1) is 31.0 Å². The first-order chi connectivity index (χ1) is 19.3. The zero-order valence-corrected chi connectivity index (χ0v) is 25.1. The van der Waals surface area contributed by atoms with Crippen LogP contribution in [0, 0.1) is 6.92 Å². The van der Waals surface area contributed by atoms with Gasteiger partial charge in [0.15, 0.2) is 11.6 Å². The van der Waals surface area contributed by atoms with Gasteiger partial charge in [-0.25, -0.2) is 14.6 Å². The lowest BCUT2D eigenvalue weighted by molar-refractivity contribution is 0.0422. The highest BCUT2D eigenvalue weighted by Crippen LogP contribution is 2.31. The summed E-state index contributed by atoms with van der Waals surface area (Å²) in [6.45, 7) is 12.9. The molecule has 214 valence electrons. The maximum Gasteiger partial charge on any atom is 0.164 e. The second-order valence-electron chi connectivity index (χ2n) is 11.4. The van der Waals surface area contributed by atoms with Crippen LogP contribution in [0.2, 0.25) is 25.7 Å². The van der Waals surface area contributed by atoms with Crippen LogP contribution in [-0.2, 0) is 20.9 Å². The molecule has 1 saturated heterocycles. The highest BCUT2D eigenvalue weighted by atomic mass is 28.3. The number of hydrogen-bond acceptors (Lipinski definition) is 8. The summed E-state index contributed by atoms with van der Waals surface area (Å²) >= 11 is 0. The van der Waals surface area contributed by atoms with E-state index >= 15 is 0 Å². The van der Waals surface area contributed by atoms with E-state index in [0.29, 0.717) is 31.6 Å². The van der Waals surface area contributed by atoms with Crippen LogP contribution in [0.1, 0.15) is 17.6 Å². The molecular formula is C29H40N6O4Si. The lowest BCUT2D eigenvalue weighted by Gasteiger charge is -2.28. The molecule has 1 unspecified atom stereocenters. The number of methoxy groups -OCH3 is 1. The molecule has 0 aliphatic carbocycles. The van der Waals surface area contributed by atoms with Gasteiger partial charge in [0.2, 0.25) is 0 Å². The van der Waals surface area contributed by atoms with Gasteiger partial charge >= 0.3 is 0 Å². The number of aliphatic hydroxyl groups is 1. The highest BCUT2D eigenvalue weighted by molar-refractivity contribution is 6.76. The number of aromatic nitrogens is 5. The van der Waals surface area contributed by atoms with E-state index in [9.17, 15) is 5.11 Å². The largest absolute Gasteiger partial charge is 0.393 e. The Morgan fingerprint density at radius 1 is 1.07 bits per heavy atom. The monoisotopic (exact) mass is 564 g/mol. The summed E-state index contributed by atoms with van der Waals surface area (Å²) in [6.07, 6.45) is 1.50. The molecule has 3 aromatic heterocycles. The number of ether oxygens (including phenoxy) is 3. The molecule has 4 heterocycles. The molecule has 0 amide bonds. The average molecular weight is 565 g/mol. The summed E-state index contributed by atoms with van der Waals surface area (Å²) in [4.78, 5) is 11.7. The fourth-order valence-electron chi connectivity index (χ4n) is 4.85. The van der Waals surface area contributed by atoms with Crippen LogP contribution in [0.3, 0.4) is 0 Å². The average Bonchev–Trinajstić information content (AvgIpc) is 3.52. The van der Waals surface area contributed by atoms with Crippen molar-refractivity contribution in [2.24, 2.45) is 0 Å². The molecular weight excluding hydrogens is 524 g/mol. The van der Waals surface area contributed by atoms with E-state index in [-0.39, 0.29) is 6.61 Å². The topological polar surface area (TPSA) is 99.7 Å². The molecule has 5 rings (SSSR count). The molecule has 11 heteroatoms. The van der Waals surface area contributed by atoms with E-state index in [1.807, 2.05) is 17.7 Å². The number of fused-ring (bicyclic) bond motifs is 1. The Bertz CT molecular complexity index is 1440. The van der Waals surface area contributed by atoms with Gasteiger partial charge in [0.25, 0.3) is 0 Å². The molecule has 1 aromatic carbocycles. The maximum atomic E-state index is 9.90. The van der Waals surface area contributed by atoms with Crippen molar-refractivity contribution in [3.8, 4) is 17.1 Å². The molecule has 40 heavy (non-hydrogen) atoms. The minimum Gasteiger partial charge on any atom is -0.393 e. The predicted molar refractivity (Wildman–Crippen MR) is 159 cm³/mol. The van der Waals surface area contributed by atoms with Gasteiger partial charge in [-0.1, -0.05) is 37.8 Å². The number of benzene rings is 1. The van der Waals surface area contributed by atoms with Crippen LogP contribution in [-0.4, -0.2) is 84.1 Å². The summed E-state index contributed by atoms with van der Waals surface area (Å²) in [5, 5.41) is 16.0. The fraction of sp³-hybridized carbons (Fsp3) is 0.483. The summed E-state index contributed by atoms with van der Waals surface area (Å²) in [5.41, 5.74) is 3.95. The molecule has 0 spiro atoms. The summed E-state index contributed by atoms with van der Waals surface area (Å²) < 4.78 is 21.1. The first-order valence-electron chi connectivity index (χ1n) is 13.9. The first kappa shape index (κ1) is 28.4. The summed E-state index contributed by atoms with van der Waals surface area (Å²) in [6, 6.07) is 13.5. The van der Waals surface area contributed by atoms with Crippen LogP contribution in [0.4, 0.5) is 5.82 Å². The molecule has 0 bridgehead atoms. The molecule has 0 saturated carbocycles. The number of nitrogens with zero attached hydrogens (tertiary/aromatic N) is 6. The number of hydrogen-bond donors (Lipinski definition) is 1. The predicted octanol–water partition coefficient (Wildman–Crippen LogP) is 4.42. The van der Waals surface area contributed by atoms with E-state index in [0.717, 1.165) is 59.4 Å². The number of para-hydroxylation sites is 1. The van der Waals surface area contributed by atoms with Crippen LogP contribution < -0.4 is 4.90 Å². The van der Waals surface area contributed by atoms with Crippen LogP contribution in [0.15, 0.2) is 42.6 Å². The number of aryl methyl sites for hydroxylation is 1. The minimum atomic E-state index is -1.15. The summed E-state index contributed by atoms with van der Waals surface area (Å²) in [7, 11) is 0.396. The van der Waals surface area contributed by atoms with Gasteiger partial charge in [0, 0.05) is 63.8 Å². The zero-order chi connectivity index (χ0) is 28.3. The summed E-state index contributed by atoms with van der Waals surface area (Å²) in [5.74, 6) is 1.82. The van der Waals surface area contributed by atoms with Crippen molar-refractivity contribution in [1.82, 2.24) is 24.3 Å². The van der Waals surface area contributed by atoms with E-state index in [1.165, 1.54) is 0 Å². The highest BCUT2D eigenvalue weighted by Gasteiger charge is 2.22. The Morgan fingerprint density at radius 3 is 2.55 bits per heavy atom.